The maximum absolute atomic E-state index is 13.0. The van der Waals surface area contributed by atoms with Gasteiger partial charge >= 0.3 is 0 Å². The molecule has 0 heterocycles. The molecule has 1 atom stereocenters. The van der Waals surface area contributed by atoms with Crippen molar-refractivity contribution in [2.75, 3.05) is 7.11 Å². The van der Waals surface area contributed by atoms with Gasteiger partial charge in [-0.3, -0.25) is 4.79 Å². The number of benzene rings is 2. The number of hydrogen-bond donors (Lipinski definition) is 2. The van der Waals surface area contributed by atoms with Crippen molar-refractivity contribution < 1.29 is 17.9 Å². The van der Waals surface area contributed by atoms with E-state index in [9.17, 15) is 13.2 Å². The number of rotatable bonds is 9. The molecular weight excluding hydrogens is 400 g/mol. The Morgan fingerprint density at radius 3 is 2.17 bits per heavy atom. The molecule has 0 saturated heterocycles. The lowest BCUT2D eigenvalue weighted by Gasteiger charge is -2.23. The summed E-state index contributed by atoms with van der Waals surface area (Å²) in [5.41, 5.74) is 2.50. The van der Waals surface area contributed by atoms with Gasteiger partial charge in [-0.1, -0.05) is 45.0 Å². The molecule has 2 aromatic carbocycles. The molecule has 0 radical (unpaired) electrons. The zero-order valence-electron chi connectivity index (χ0n) is 18.5. The van der Waals surface area contributed by atoms with Gasteiger partial charge in [0.15, 0.2) is 0 Å². The molecule has 0 spiro atoms. The summed E-state index contributed by atoms with van der Waals surface area (Å²) in [4.78, 5) is 12.9. The van der Waals surface area contributed by atoms with E-state index >= 15 is 0 Å². The van der Waals surface area contributed by atoms with Crippen molar-refractivity contribution >= 4 is 15.9 Å². The van der Waals surface area contributed by atoms with Crippen LogP contribution in [0.3, 0.4) is 0 Å². The highest BCUT2D eigenvalue weighted by molar-refractivity contribution is 7.89. The average Bonchev–Trinajstić information content (AvgIpc) is 2.70. The van der Waals surface area contributed by atoms with E-state index in [1.165, 1.54) is 24.8 Å². The van der Waals surface area contributed by atoms with Gasteiger partial charge in [-0.2, -0.15) is 0 Å². The van der Waals surface area contributed by atoms with Gasteiger partial charge in [0, 0.05) is 11.6 Å². The quantitative estimate of drug-likeness (QED) is 0.626. The first kappa shape index (κ1) is 23.9. The van der Waals surface area contributed by atoms with E-state index in [0.29, 0.717) is 0 Å². The summed E-state index contributed by atoms with van der Waals surface area (Å²) >= 11 is 0. The fourth-order valence-electron chi connectivity index (χ4n) is 3.22. The predicted octanol–water partition coefficient (Wildman–Crippen LogP) is 4.07. The Bertz CT molecular complexity index is 967. The third-order valence-corrected chi connectivity index (χ3v) is 6.49. The molecule has 0 aromatic heterocycles. The molecule has 6 nitrogen and oxygen atoms in total. The summed E-state index contributed by atoms with van der Waals surface area (Å²) in [7, 11) is -2.42. The standard InChI is InChI=1S/C23H32N2O4S/c1-7-17-8-10-18(11-9-17)22(15(2)3)24-23(26)19-12-13-20(29-6)21(14-19)30(27,28)25-16(4)5/h8-16,22,25H,7H2,1-6H3,(H,24,26). The number of sulfonamides is 1. The van der Waals surface area contributed by atoms with E-state index in [2.05, 4.69) is 29.1 Å². The zero-order chi connectivity index (χ0) is 22.5. The smallest absolute Gasteiger partial charge is 0.251 e. The minimum atomic E-state index is -3.82. The van der Waals surface area contributed by atoms with Crippen molar-refractivity contribution in [3.8, 4) is 5.75 Å². The average molecular weight is 433 g/mol. The van der Waals surface area contributed by atoms with Crippen LogP contribution in [-0.4, -0.2) is 27.5 Å². The van der Waals surface area contributed by atoms with Crippen LogP contribution in [0.2, 0.25) is 0 Å². The lowest BCUT2D eigenvalue weighted by Crippen LogP contribution is -2.33. The number of carbonyl (C=O) groups excluding carboxylic acids is 1. The zero-order valence-corrected chi connectivity index (χ0v) is 19.3. The van der Waals surface area contributed by atoms with Crippen LogP contribution < -0.4 is 14.8 Å². The van der Waals surface area contributed by atoms with Gasteiger partial charge in [0.25, 0.3) is 5.91 Å². The molecule has 0 saturated carbocycles. The summed E-state index contributed by atoms with van der Waals surface area (Å²) in [5, 5.41) is 3.05. The van der Waals surface area contributed by atoms with Crippen molar-refractivity contribution in [3.05, 3.63) is 59.2 Å². The van der Waals surface area contributed by atoms with E-state index in [1.54, 1.807) is 19.9 Å². The maximum atomic E-state index is 13.0. The second-order valence-corrected chi connectivity index (χ2v) is 9.61. The van der Waals surface area contributed by atoms with E-state index in [-0.39, 0.29) is 40.1 Å². The Morgan fingerprint density at radius 1 is 1.03 bits per heavy atom. The van der Waals surface area contributed by atoms with Crippen molar-refractivity contribution in [2.24, 2.45) is 5.92 Å². The molecule has 2 rings (SSSR count). The Labute approximate surface area is 180 Å². The van der Waals surface area contributed by atoms with Gasteiger partial charge in [0.05, 0.1) is 13.2 Å². The predicted molar refractivity (Wildman–Crippen MR) is 119 cm³/mol. The van der Waals surface area contributed by atoms with Crippen LogP contribution in [0.1, 0.15) is 62.1 Å². The minimum absolute atomic E-state index is 0.0558. The lowest BCUT2D eigenvalue weighted by atomic mass is 9.94. The number of nitrogens with one attached hydrogen (secondary N) is 2. The molecule has 0 aliphatic heterocycles. The van der Waals surface area contributed by atoms with Crippen LogP contribution in [0.25, 0.3) is 0 Å². The number of amides is 1. The normalized spacial score (nSPS) is 12.8. The van der Waals surface area contributed by atoms with Crippen molar-refractivity contribution in [2.45, 2.75) is 58.0 Å². The summed E-state index contributed by atoms with van der Waals surface area (Å²) in [5.74, 6) is 0.0117. The summed E-state index contributed by atoms with van der Waals surface area (Å²) in [6.45, 7) is 9.64. The van der Waals surface area contributed by atoms with Gasteiger partial charge in [0.1, 0.15) is 10.6 Å². The molecule has 2 aromatic rings. The molecule has 1 amide bonds. The number of aryl methyl sites for hydroxylation is 1. The van der Waals surface area contributed by atoms with Crippen molar-refractivity contribution in [1.82, 2.24) is 10.0 Å². The first-order chi connectivity index (χ1) is 14.1. The van der Waals surface area contributed by atoms with Crippen LogP contribution in [0.4, 0.5) is 0 Å². The molecule has 30 heavy (non-hydrogen) atoms. The van der Waals surface area contributed by atoms with Crippen LogP contribution in [-0.2, 0) is 16.4 Å². The van der Waals surface area contributed by atoms with E-state index in [1.807, 2.05) is 26.0 Å². The Balaban J connectivity index is 2.35. The molecule has 0 bridgehead atoms. The van der Waals surface area contributed by atoms with Crippen LogP contribution in [0.5, 0.6) is 5.75 Å². The first-order valence-electron chi connectivity index (χ1n) is 10.2. The highest BCUT2D eigenvalue weighted by atomic mass is 32.2. The Kier molecular flexibility index (Phi) is 8.03. The number of ether oxygens (including phenoxy) is 1. The van der Waals surface area contributed by atoms with Gasteiger partial charge in [-0.05, 0) is 55.5 Å². The molecular formula is C23H32N2O4S. The van der Waals surface area contributed by atoms with Crippen LogP contribution in [0.15, 0.2) is 47.4 Å². The second-order valence-electron chi connectivity index (χ2n) is 7.93. The first-order valence-corrected chi connectivity index (χ1v) is 11.7. The molecule has 164 valence electrons. The summed E-state index contributed by atoms with van der Waals surface area (Å²) < 4.78 is 33.1. The molecule has 0 aliphatic carbocycles. The van der Waals surface area contributed by atoms with E-state index in [4.69, 9.17) is 4.74 Å². The van der Waals surface area contributed by atoms with Crippen LogP contribution in [0, 0.1) is 5.92 Å². The molecule has 0 fully saturated rings. The van der Waals surface area contributed by atoms with Gasteiger partial charge in [-0.15, -0.1) is 0 Å². The molecule has 7 heteroatoms. The molecule has 1 unspecified atom stereocenters. The number of carbonyl (C=O) groups is 1. The van der Waals surface area contributed by atoms with Crippen LogP contribution >= 0.6 is 0 Å². The third kappa shape index (κ3) is 5.83. The van der Waals surface area contributed by atoms with Crippen molar-refractivity contribution in [1.29, 1.82) is 0 Å². The highest BCUT2D eigenvalue weighted by Gasteiger charge is 2.24. The number of hydrogen-bond acceptors (Lipinski definition) is 4. The topological polar surface area (TPSA) is 84.5 Å². The van der Waals surface area contributed by atoms with Gasteiger partial charge in [-0.25, -0.2) is 13.1 Å². The lowest BCUT2D eigenvalue weighted by molar-refractivity contribution is 0.0925. The second kappa shape index (κ2) is 10.1. The SMILES string of the molecule is CCc1ccc(C(NC(=O)c2ccc(OC)c(S(=O)(=O)NC(C)C)c2)C(C)C)cc1. The Morgan fingerprint density at radius 2 is 1.67 bits per heavy atom. The Hall–Kier alpha value is -2.38. The molecule has 0 aliphatic rings. The highest BCUT2D eigenvalue weighted by Crippen LogP contribution is 2.27. The van der Waals surface area contributed by atoms with E-state index < -0.39 is 10.0 Å². The third-order valence-electron chi connectivity index (χ3n) is 4.81. The van der Waals surface area contributed by atoms with E-state index in [0.717, 1.165) is 12.0 Å². The minimum Gasteiger partial charge on any atom is -0.495 e. The van der Waals surface area contributed by atoms with Gasteiger partial charge in [0.2, 0.25) is 10.0 Å². The summed E-state index contributed by atoms with van der Waals surface area (Å²) in [6.07, 6.45) is 0.951. The largest absolute Gasteiger partial charge is 0.495 e. The fraction of sp³-hybridized carbons (Fsp3) is 0.435. The molecule has 2 N–H and O–H groups in total. The number of methoxy groups -OCH3 is 1. The maximum Gasteiger partial charge on any atom is 0.251 e. The van der Waals surface area contributed by atoms with Crippen molar-refractivity contribution in [3.63, 3.8) is 0 Å². The van der Waals surface area contributed by atoms with Gasteiger partial charge < -0.3 is 10.1 Å². The monoisotopic (exact) mass is 432 g/mol. The summed E-state index contributed by atoms with van der Waals surface area (Å²) in [6, 6.07) is 12.1. The fourth-order valence-corrected chi connectivity index (χ4v) is 4.67.